The Labute approximate surface area is 202 Å². The van der Waals surface area contributed by atoms with Gasteiger partial charge in [0.05, 0.1) is 0 Å². The molecule has 3 N–H and O–H groups in total. The van der Waals surface area contributed by atoms with Gasteiger partial charge in [0.15, 0.2) is 0 Å². The number of aromatic nitrogens is 3. The highest BCUT2D eigenvalue weighted by molar-refractivity contribution is 5.56. The van der Waals surface area contributed by atoms with Crippen molar-refractivity contribution in [1.29, 1.82) is 0 Å². The molecule has 0 fully saturated rings. The van der Waals surface area contributed by atoms with Crippen LogP contribution < -0.4 is 16.0 Å². The lowest BCUT2D eigenvalue weighted by Crippen LogP contribution is -2.12. The number of anilines is 4. The largest absolute Gasteiger partial charge is 0.354 e. The van der Waals surface area contributed by atoms with Gasteiger partial charge in [0, 0.05) is 18.8 Å². The van der Waals surface area contributed by atoms with Crippen LogP contribution in [0.3, 0.4) is 0 Å². The molecule has 0 saturated heterocycles. The third-order valence-electron chi connectivity index (χ3n) is 5.57. The van der Waals surface area contributed by atoms with Crippen molar-refractivity contribution in [1.82, 2.24) is 15.0 Å². The molecule has 0 radical (unpaired) electrons. The molecule has 0 aliphatic heterocycles. The Hall–Kier alpha value is -2.37. The molecular weight excluding hydrogens is 408 g/mol. The van der Waals surface area contributed by atoms with E-state index in [9.17, 15) is 0 Å². The molecule has 0 aliphatic carbocycles. The first-order valence-corrected chi connectivity index (χ1v) is 12.8. The average molecular weight is 457 g/mol. The van der Waals surface area contributed by atoms with Gasteiger partial charge in [-0.3, -0.25) is 0 Å². The predicted molar refractivity (Wildman–Crippen MR) is 145 cm³/mol. The van der Waals surface area contributed by atoms with Crippen LogP contribution in [0.4, 0.5) is 23.5 Å². The molecule has 0 bridgehead atoms. The number of rotatable bonds is 18. The lowest BCUT2D eigenvalue weighted by molar-refractivity contribution is 0.615. The highest BCUT2D eigenvalue weighted by Gasteiger charge is 2.07. The van der Waals surface area contributed by atoms with Crippen molar-refractivity contribution in [2.24, 2.45) is 0 Å². The normalized spacial score (nSPS) is 10.5. The highest BCUT2D eigenvalue weighted by atomic mass is 15.3. The smallest absolute Gasteiger partial charge is 0.233 e. The summed E-state index contributed by atoms with van der Waals surface area (Å²) in [6.07, 6.45) is 15.3. The van der Waals surface area contributed by atoms with Gasteiger partial charge in [-0.2, -0.15) is 15.0 Å². The topological polar surface area (TPSA) is 74.8 Å². The Kier molecular flexibility index (Phi) is 15.7. The molecule has 0 amide bonds. The number of hydrogen-bond donors (Lipinski definition) is 3. The molecule has 0 atom stereocenters. The van der Waals surface area contributed by atoms with Gasteiger partial charge < -0.3 is 16.0 Å². The summed E-state index contributed by atoms with van der Waals surface area (Å²) in [5.74, 6) is 1.84. The van der Waals surface area contributed by atoms with Gasteiger partial charge in [0.25, 0.3) is 0 Å². The molecule has 6 nitrogen and oxygen atoms in total. The fourth-order valence-electron chi connectivity index (χ4n) is 3.57. The van der Waals surface area contributed by atoms with E-state index in [1.54, 1.807) is 0 Å². The average Bonchev–Trinajstić information content (AvgIpc) is 2.79. The molecule has 1 aromatic carbocycles. The molecule has 186 valence electrons. The number of benzene rings is 1. The lowest BCUT2D eigenvalue weighted by Gasteiger charge is -2.12. The van der Waals surface area contributed by atoms with Crippen LogP contribution >= 0.6 is 0 Å². The van der Waals surface area contributed by atoms with Crippen LogP contribution in [0.5, 0.6) is 0 Å². The Bertz CT molecular complexity index is 696. The number of hydrogen-bond acceptors (Lipinski definition) is 6. The van der Waals surface area contributed by atoms with Crippen molar-refractivity contribution < 1.29 is 0 Å². The summed E-state index contributed by atoms with van der Waals surface area (Å²) in [5.41, 5.74) is 2.21. The van der Waals surface area contributed by atoms with Gasteiger partial charge in [-0.1, -0.05) is 103 Å². The number of aryl methyl sites for hydroxylation is 1. The van der Waals surface area contributed by atoms with Crippen molar-refractivity contribution >= 4 is 23.5 Å². The molecule has 1 aromatic heterocycles. The lowest BCUT2D eigenvalue weighted by atomic mass is 10.1. The van der Waals surface area contributed by atoms with E-state index in [0.717, 1.165) is 31.6 Å². The summed E-state index contributed by atoms with van der Waals surface area (Å²) in [6, 6.07) is 8.26. The summed E-state index contributed by atoms with van der Waals surface area (Å²) in [7, 11) is 0. The molecular formula is C27H48N6. The summed E-state index contributed by atoms with van der Waals surface area (Å²) in [5, 5.41) is 10.1. The van der Waals surface area contributed by atoms with Gasteiger partial charge in [-0.05, 0) is 31.9 Å². The van der Waals surface area contributed by atoms with Crippen molar-refractivity contribution in [3.05, 3.63) is 29.8 Å². The fourth-order valence-corrected chi connectivity index (χ4v) is 3.57. The van der Waals surface area contributed by atoms with Crippen LogP contribution in [0.1, 0.15) is 104 Å². The van der Waals surface area contributed by atoms with Crippen LogP contribution in [0, 0.1) is 6.92 Å². The van der Waals surface area contributed by atoms with E-state index in [1.807, 2.05) is 12.1 Å². The molecule has 0 saturated carbocycles. The van der Waals surface area contributed by atoms with Gasteiger partial charge in [-0.15, -0.1) is 0 Å². The zero-order valence-electron chi connectivity index (χ0n) is 20.6. The fraction of sp³-hybridized carbons (Fsp3) is 0.667. The van der Waals surface area contributed by atoms with E-state index >= 15 is 0 Å². The van der Waals surface area contributed by atoms with Crippen LogP contribution in [-0.2, 0) is 0 Å². The zero-order chi connectivity index (χ0) is 22.9. The minimum atomic E-state index is 0. The summed E-state index contributed by atoms with van der Waals surface area (Å²) < 4.78 is 0. The van der Waals surface area contributed by atoms with Crippen LogP contribution in [-0.4, -0.2) is 28.0 Å². The Morgan fingerprint density at radius 1 is 0.576 bits per heavy atom. The van der Waals surface area contributed by atoms with Crippen molar-refractivity contribution in [2.45, 2.75) is 105 Å². The summed E-state index contributed by atoms with van der Waals surface area (Å²) in [6.45, 7) is 8.36. The number of nitrogens with zero attached hydrogens (tertiary/aromatic N) is 3. The van der Waals surface area contributed by atoms with Crippen LogP contribution in [0.25, 0.3) is 0 Å². The van der Waals surface area contributed by atoms with Crippen molar-refractivity contribution in [3.63, 3.8) is 0 Å². The minimum Gasteiger partial charge on any atom is -0.354 e. The van der Waals surface area contributed by atoms with Gasteiger partial charge in [0.1, 0.15) is 0 Å². The molecule has 1 heterocycles. The zero-order valence-corrected chi connectivity index (χ0v) is 20.6. The summed E-state index contributed by atoms with van der Waals surface area (Å²) in [4.78, 5) is 13.8. The Morgan fingerprint density at radius 2 is 1.00 bits per heavy atom. The standard InChI is InChI=1S/C26H44N6.CH4/c1-4-6-8-10-12-14-20-27-24-30-25(28-21-15-13-11-9-7-5-2)32-26(31-24)29-23-18-16-22(3)17-19-23;/h16-19H,4-15,20-21H2,1-3H3,(H3,27,28,29,30,31,32);1H4. The summed E-state index contributed by atoms with van der Waals surface area (Å²) >= 11 is 0. The molecule has 33 heavy (non-hydrogen) atoms. The van der Waals surface area contributed by atoms with Gasteiger partial charge in [-0.25, -0.2) is 0 Å². The van der Waals surface area contributed by atoms with E-state index in [0.29, 0.717) is 17.8 Å². The van der Waals surface area contributed by atoms with Crippen LogP contribution in [0.15, 0.2) is 24.3 Å². The maximum Gasteiger partial charge on any atom is 0.233 e. The van der Waals surface area contributed by atoms with Crippen molar-refractivity contribution in [3.8, 4) is 0 Å². The van der Waals surface area contributed by atoms with Gasteiger partial charge in [0.2, 0.25) is 17.8 Å². The van der Waals surface area contributed by atoms with Crippen LogP contribution in [0.2, 0.25) is 0 Å². The van der Waals surface area contributed by atoms with E-state index in [4.69, 9.17) is 0 Å². The highest BCUT2D eigenvalue weighted by Crippen LogP contribution is 2.17. The monoisotopic (exact) mass is 456 g/mol. The second-order valence-corrected chi connectivity index (χ2v) is 8.69. The van der Waals surface area contributed by atoms with E-state index in [-0.39, 0.29) is 7.43 Å². The molecule has 0 unspecified atom stereocenters. The molecule has 6 heteroatoms. The Morgan fingerprint density at radius 3 is 1.48 bits per heavy atom. The number of unbranched alkanes of at least 4 members (excludes halogenated alkanes) is 10. The third-order valence-corrected chi connectivity index (χ3v) is 5.57. The quantitative estimate of drug-likeness (QED) is 0.197. The second-order valence-electron chi connectivity index (χ2n) is 8.69. The molecule has 0 aliphatic rings. The van der Waals surface area contributed by atoms with E-state index in [1.165, 1.54) is 69.8 Å². The molecule has 0 spiro atoms. The third kappa shape index (κ3) is 13.1. The predicted octanol–water partition coefficient (Wildman–Crippen LogP) is 8.10. The van der Waals surface area contributed by atoms with E-state index < -0.39 is 0 Å². The Balaban J connectivity index is 0.00000544. The van der Waals surface area contributed by atoms with Crippen molar-refractivity contribution in [2.75, 3.05) is 29.0 Å². The molecule has 2 rings (SSSR count). The van der Waals surface area contributed by atoms with Gasteiger partial charge >= 0.3 is 0 Å². The first kappa shape index (κ1) is 28.7. The first-order valence-electron chi connectivity index (χ1n) is 12.8. The maximum atomic E-state index is 4.60. The second kappa shape index (κ2) is 18.1. The first-order chi connectivity index (χ1) is 15.7. The number of nitrogens with one attached hydrogen (secondary N) is 3. The maximum absolute atomic E-state index is 4.60. The SMILES string of the molecule is C.CCCCCCCCNc1nc(NCCCCCCCC)nc(Nc2ccc(C)cc2)n1. The minimum absolute atomic E-state index is 0. The molecule has 2 aromatic rings. The van der Waals surface area contributed by atoms with E-state index in [2.05, 4.69) is 63.8 Å².